The first-order valence-corrected chi connectivity index (χ1v) is 10.9. The summed E-state index contributed by atoms with van der Waals surface area (Å²) >= 11 is 0. The Bertz CT molecular complexity index is 931. The van der Waals surface area contributed by atoms with Crippen molar-refractivity contribution in [1.29, 1.82) is 0 Å². The summed E-state index contributed by atoms with van der Waals surface area (Å²) in [5.41, 5.74) is 1.93. The zero-order valence-electron chi connectivity index (χ0n) is 16.9. The lowest BCUT2D eigenvalue weighted by Gasteiger charge is -2.27. The van der Waals surface area contributed by atoms with Gasteiger partial charge in [-0.15, -0.1) is 0 Å². The molecule has 2 aromatic rings. The summed E-state index contributed by atoms with van der Waals surface area (Å²) in [4.78, 5) is 41.2. The van der Waals surface area contributed by atoms with Crippen LogP contribution >= 0.6 is 0 Å². The summed E-state index contributed by atoms with van der Waals surface area (Å²) in [6.45, 7) is 0.374. The molecule has 5 nitrogen and oxygen atoms in total. The Hall–Kier alpha value is -2.95. The highest BCUT2D eigenvalue weighted by Gasteiger charge is 2.62. The molecule has 1 N–H and O–H groups in total. The summed E-state index contributed by atoms with van der Waals surface area (Å²) in [5.74, 6) is -0.331. The van der Waals surface area contributed by atoms with Gasteiger partial charge in [-0.25, -0.2) is 0 Å². The van der Waals surface area contributed by atoms with E-state index in [2.05, 4.69) is 5.32 Å². The largest absolute Gasteiger partial charge is 0.350 e. The molecular weight excluding hydrogens is 376 g/mol. The molecule has 30 heavy (non-hydrogen) atoms. The van der Waals surface area contributed by atoms with E-state index in [1.54, 1.807) is 0 Å². The van der Waals surface area contributed by atoms with Crippen LogP contribution in [-0.4, -0.2) is 28.7 Å². The molecule has 3 amide bonds. The second kappa shape index (κ2) is 7.71. The average molecular weight is 402 g/mol. The fourth-order valence-electron chi connectivity index (χ4n) is 5.78. The molecule has 2 bridgehead atoms. The average Bonchev–Trinajstić information content (AvgIpc) is 3.46. The van der Waals surface area contributed by atoms with Crippen LogP contribution in [0.4, 0.5) is 0 Å². The SMILES string of the molecule is O=C(NCc1ccccc1)[C@@H](Cc1ccccc1)N1C(=O)[C@H]2[C@H]3CC[C@@H](C3)[C@@H]2C1=O. The van der Waals surface area contributed by atoms with Crippen molar-refractivity contribution in [2.45, 2.75) is 38.3 Å². The molecule has 1 saturated heterocycles. The smallest absolute Gasteiger partial charge is 0.243 e. The minimum absolute atomic E-state index is 0.131. The van der Waals surface area contributed by atoms with Gasteiger partial charge < -0.3 is 5.32 Å². The number of hydrogen-bond donors (Lipinski definition) is 1. The lowest BCUT2D eigenvalue weighted by molar-refractivity contribution is -0.148. The van der Waals surface area contributed by atoms with Crippen LogP contribution in [0.3, 0.4) is 0 Å². The molecule has 0 radical (unpaired) electrons. The number of hydrogen-bond acceptors (Lipinski definition) is 3. The third-order valence-electron chi connectivity index (χ3n) is 7.16. The summed E-state index contributed by atoms with van der Waals surface area (Å²) in [6, 6.07) is 18.5. The number of amides is 3. The van der Waals surface area contributed by atoms with Gasteiger partial charge in [-0.3, -0.25) is 19.3 Å². The van der Waals surface area contributed by atoms with Crippen molar-refractivity contribution in [3.05, 3.63) is 71.8 Å². The molecule has 1 aliphatic heterocycles. The fraction of sp³-hybridized carbons (Fsp3) is 0.400. The van der Waals surface area contributed by atoms with Crippen LogP contribution < -0.4 is 5.32 Å². The molecule has 3 aliphatic rings. The second-order valence-corrected chi connectivity index (χ2v) is 8.84. The number of carbonyl (C=O) groups excluding carboxylic acids is 3. The highest BCUT2D eigenvalue weighted by molar-refractivity contribution is 6.09. The Balaban J connectivity index is 1.40. The van der Waals surface area contributed by atoms with E-state index in [-0.39, 0.29) is 29.6 Å². The van der Waals surface area contributed by atoms with E-state index in [1.165, 1.54) is 4.90 Å². The van der Waals surface area contributed by atoms with Crippen LogP contribution in [0.5, 0.6) is 0 Å². The molecule has 5 heteroatoms. The zero-order valence-corrected chi connectivity index (χ0v) is 16.9. The molecule has 154 valence electrons. The lowest BCUT2D eigenvalue weighted by Crippen LogP contribution is -2.51. The van der Waals surface area contributed by atoms with Gasteiger partial charge in [0.25, 0.3) is 0 Å². The Labute approximate surface area is 176 Å². The van der Waals surface area contributed by atoms with Gasteiger partial charge in [-0.1, -0.05) is 60.7 Å². The topological polar surface area (TPSA) is 66.5 Å². The van der Waals surface area contributed by atoms with Crippen LogP contribution in [-0.2, 0) is 27.3 Å². The van der Waals surface area contributed by atoms with Crippen molar-refractivity contribution in [2.24, 2.45) is 23.7 Å². The minimum Gasteiger partial charge on any atom is -0.350 e. The molecule has 2 aliphatic carbocycles. The molecule has 3 fully saturated rings. The Morgan fingerprint density at radius 1 is 0.867 bits per heavy atom. The molecule has 5 rings (SSSR count). The summed E-state index contributed by atoms with van der Waals surface area (Å²) in [7, 11) is 0. The quantitative estimate of drug-likeness (QED) is 0.756. The van der Waals surface area contributed by atoms with Crippen molar-refractivity contribution in [2.75, 3.05) is 0 Å². The summed E-state index contributed by atoms with van der Waals surface area (Å²) in [6.07, 6.45) is 3.39. The molecule has 5 atom stereocenters. The van der Waals surface area contributed by atoms with Gasteiger partial charge in [0.05, 0.1) is 11.8 Å². The Kier molecular flexibility index (Phi) is 4.89. The normalized spacial score (nSPS) is 27.9. The first-order valence-electron chi connectivity index (χ1n) is 10.9. The molecular formula is C25H26N2O3. The van der Waals surface area contributed by atoms with Gasteiger partial charge in [0.15, 0.2) is 0 Å². The van der Waals surface area contributed by atoms with E-state index in [9.17, 15) is 14.4 Å². The van der Waals surface area contributed by atoms with E-state index < -0.39 is 6.04 Å². The van der Waals surface area contributed by atoms with Gasteiger partial charge in [-0.2, -0.15) is 0 Å². The van der Waals surface area contributed by atoms with Crippen LogP contribution in [0, 0.1) is 23.7 Å². The third kappa shape index (κ3) is 3.22. The number of fused-ring (bicyclic) bond motifs is 5. The number of rotatable bonds is 6. The number of likely N-dealkylation sites (tertiary alicyclic amines) is 1. The van der Waals surface area contributed by atoms with Gasteiger partial charge in [0.1, 0.15) is 6.04 Å². The second-order valence-electron chi connectivity index (χ2n) is 8.84. The predicted octanol–water partition coefficient (Wildman–Crippen LogP) is 2.95. The van der Waals surface area contributed by atoms with E-state index in [4.69, 9.17) is 0 Å². The number of benzene rings is 2. The number of nitrogens with one attached hydrogen (secondary N) is 1. The van der Waals surface area contributed by atoms with Crippen molar-refractivity contribution in [3.63, 3.8) is 0 Å². The number of imide groups is 1. The van der Waals surface area contributed by atoms with Crippen molar-refractivity contribution >= 4 is 17.7 Å². The molecule has 0 spiro atoms. The van der Waals surface area contributed by atoms with Crippen molar-refractivity contribution < 1.29 is 14.4 Å². The molecule has 1 heterocycles. The number of carbonyl (C=O) groups is 3. The lowest BCUT2D eigenvalue weighted by atomic mass is 9.81. The molecule has 2 aromatic carbocycles. The minimum atomic E-state index is -0.805. The summed E-state index contributed by atoms with van der Waals surface area (Å²) < 4.78 is 0. The number of nitrogens with zero attached hydrogens (tertiary/aromatic N) is 1. The Morgan fingerprint density at radius 2 is 1.40 bits per heavy atom. The predicted molar refractivity (Wildman–Crippen MR) is 112 cm³/mol. The Morgan fingerprint density at radius 3 is 1.97 bits per heavy atom. The maximum Gasteiger partial charge on any atom is 0.243 e. The molecule has 0 aromatic heterocycles. The van der Waals surface area contributed by atoms with Gasteiger partial charge in [0, 0.05) is 13.0 Å². The standard InChI is InChI=1S/C25H26N2O3/c28-23(26-15-17-9-5-2-6-10-17)20(13-16-7-3-1-4-8-16)27-24(29)21-18-11-12-19(14-18)22(21)25(27)30/h1-10,18-22H,11-15H2,(H,26,28)/t18-,19-,20+,21-,22-/m0/s1. The van der Waals surface area contributed by atoms with Gasteiger partial charge >= 0.3 is 0 Å². The maximum atomic E-state index is 13.3. The van der Waals surface area contributed by atoms with Crippen molar-refractivity contribution in [1.82, 2.24) is 10.2 Å². The van der Waals surface area contributed by atoms with E-state index in [0.717, 1.165) is 30.4 Å². The van der Waals surface area contributed by atoms with E-state index in [1.807, 2.05) is 60.7 Å². The fourth-order valence-corrected chi connectivity index (χ4v) is 5.78. The van der Waals surface area contributed by atoms with Crippen LogP contribution in [0.2, 0.25) is 0 Å². The van der Waals surface area contributed by atoms with Crippen LogP contribution in [0.15, 0.2) is 60.7 Å². The third-order valence-corrected chi connectivity index (χ3v) is 7.16. The maximum absolute atomic E-state index is 13.3. The molecule has 0 unspecified atom stereocenters. The van der Waals surface area contributed by atoms with Gasteiger partial charge in [-0.05, 0) is 42.2 Å². The van der Waals surface area contributed by atoms with Crippen LogP contribution in [0.1, 0.15) is 30.4 Å². The van der Waals surface area contributed by atoms with Crippen LogP contribution in [0.25, 0.3) is 0 Å². The van der Waals surface area contributed by atoms with E-state index in [0.29, 0.717) is 24.8 Å². The first-order chi connectivity index (χ1) is 14.6. The summed E-state index contributed by atoms with van der Waals surface area (Å²) in [5, 5.41) is 2.96. The van der Waals surface area contributed by atoms with E-state index >= 15 is 0 Å². The van der Waals surface area contributed by atoms with Gasteiger partial charge in [0.2, 0.25) is 17.7 Å². The van der Waals surface area contributed by atoms with Crippen molar-refractivity contribution in [3.8, 4) is 0 Å². The zero-order chi connectivity index (χ0) is 20.7. The highest BCUT2D eigenvalue weighted by Crippen LogP contribution is 2.56. The molecule has 2 saturated carbocycles. The first kappa shape index (κ1) is 19.0. The highest BCUT2D eigenvalue weighted by atomic mass is 16.2. The monoisotopic (exact) mass is 402 g/mol.